The summed E-state index contributed by atoms with van der Waals surface area (Å²) in [6, 6.07) is 61.7. The smallest absolute Gasteiger partial charge is 0.235 e. The first-order valence-electron chi connectivity index (χ1n) is 18.7. The average molecular weight is 717 g/mol. The van der Waals surface area contributed by atoms with Crippen molar-refractivity contribution in [2.24, 2.45) is 0 Å². The van der Waals surface area contributed by atoms with E-state index in [2.05, 4.69) is 179 Å². The Morgan fingerprint density at radius 3 is 1.71 bits per heavy atom. The van der Waals surface area contributed by atoms with Crippen LogP contribution < -0.4 is 0 Å². The third-order valence-corrected chi connectivity index (χ3v) is 12.8. The first-order chi connectivity index (χ1) is 27.3. The zero-order valence-corrected chi connectivity index (χ0v) is 30.2. The molecule has 5 heterocycles. The second-order valence-electron chi connectivity index (χ2n) is 14.5. The molecule has 0 fully saturated rings. The summed E-state index contributed by atoms with van der Waals surface area (Å²) < 4.78 is 7.44. The molecule has 13 aromatic rings. The van der Waals surface area contributed by atoms with Crippen LogP contribution >= 0.6 is 11.3 Å². The molecule has 0 aliphatic carbocycles. The van der Waals surface area contributed by atoms with Crippen LogP contribution in [-0.2, 0) is 0 Å². The van der Waals surface area contributed by atoms with Gasteiger partial charge in [0.1, 0.15) is 0 Å². The summed E-state index contributed by atoms with van der Waals surface area (Å²) in [7, 11) is 0. The van der Waals surface area contributed by atoms with Gasteiger partial charge >= 0.3 is 0 Å². The fourth-order valence-corrected chi connectivity index (χ4v) is 10.6. The third kappa shape index (κ3) is 3.89. The summed E-state index contributed by atoms with van der Waals surface area (Å²) in [5, 5.41) is 13.5. The largest absolute Gasteiger partial charge is 0.308 e. The molecule has 0 saturated heterocycles. The Morgan fingerprint density at radius 2 is 0.927 bits per heavy atom. The molecular formula is C50H28N4S. The van der Waals surface area contributed by atoms with Gasteiger partial charge in [-0.3, -0.25) is 4.57 Å². The number of nitrogens with zero attached hydrogens (tertiary/aromatic N) is 4. The van der Waals surface area contributed by atoms with Crippen LogP contribution in [0.25, 0.3) is 119 Å². The van der Waals surface area contributed by atoms with Gasteiger partial charge in [-0.15, -0.1) is 11.3 Å². The molecule has 8 aromatic carbocycles. The predicted molar refractivity (Wildman–Crippen MR) is 233 cm³/mol. The van der Waals surface area contributed by atoms with Crippen molar-refractivity contribution >= 4 is 113 Å². The van der Waals surface area contributed by atoms with Gasteiger partial charge in [-0.25, -0.2) is 9.97 Å². The summed E-state index contributed by atoms with van der Waals surface area (Å²) in [4.78, 5) is 10.6. The molecule has 0 bridgehead atoms. The van der Waals surface area contributed by atoms with Crippen molar-refractivity contribution in [1.29, 1.82) is 0 Å². The normalized spacial score (nSPS) is 12.4. The van der Waals surface area contributed by atoms with Gasteiger partial charge < -0.3 is 4.40 Å². The monoisotopic (exact) mass is 716 g/mol. The lowest BCUT2D eigenvalue weighted by molar-refractivity contribution is 1.01. The number of fused-ring (bicyclic) bond motifs is 11. The van der Waals surface area contributed by atoms with E-state index < -0.39 is 0 Å². The lowest BCUT2D eigenvalue weighted by Crippen LogP contribution is -2.03. The SMILES string of the molecule is c1ccc(-c2nc(-n3c4ccccc4c4cc5c(cc43)c3cccc4c6cccc7sc8cccc(c9ccccc9n5c43)c8c76)nc3ccccc23)cc1. The number of benzene rings is 8. The zero-order chi connectivity index (χ0) is 35.8. The van der Waals surface area contributed by atoms with Crippen LogP contribution in [0.15, 0.2) is 170 Å². The van der Waals surface area contributed by atoms with Gasteiger partial charge in [-0.2, -0.15) is 0 Å². The quantitative estimate of drug-likeness (QED) is 0.179. The van der Waals surface area contributed by atoms with Crippen molar-refractivity contribution in [3.05, 3.63) is 170 Å². The molecule has 13 rings (SSSR count). The minimum absolute atomic E-state index is 0.664. The van der Waals surface area contributed by atoms with Crippen LogP contribution in [0.3, 0.4) is 0 Å². The van der Waals surface area contributed by atoms with Gasteiger partial charge in [0, 0.05) is 63.4 Å². The molecule has 0 aliphatic rings. The Labute approximate surface area is 317 Å². The summed E-state index contributed by atoms with van der Waals surface area (Å²) in [5.41, 5.74) is 8.67. The number of hydrogen-bond acceptors (Lipinski definition) is 3. The standard InChI is InChI=1S/C50H28N4S/c1-2-13-29(14-3-1)48-36-17-4-7-22-39(36)51-50(52-48)54-41-24-9-6-16-31(41)37-27-42-38(28-43(37)54)35-21-10-20-34-33-19-12-26-45-47(33)46-32(18-11-25-44(46)55-45)30-15-5-8-23-40(30)53(42)49(34)35/h1-28H. The van der Waals surface area contributed by atoms with Crippen LogP contribution in [0.5, 0.6) is 0 Å². The predicted octanol–water partition coefficient (Wildman–Crippen LogP) is 13.6. The number of thiophene rings is 1. The maximum atomic E-state index is 5.37. The maximum Gasteiger partial charge on any atom is 0.235 e. The minimum atomic E-state index is 0.664. The first-order valence-corrected chi connectivity index (χ1v) is 19.5. The van der Waals surface area contributed by atoms with E-state index in [1.54, 1.807) is 0 Å². The van der Waals surface area contributed by atoms with Crippen LogP contribution in [0.4, 0.5) is 0 Å². The van der Waals surface area contributed by atoms with Gasteiger partial charge in [0.25, 0.3) is 0 Å². The Hall–Kier alpha value is -7.08. The molecule has 0 unspecified atom stereocenters. The number of para-hydroxylation sites is 4. The van der Waals surface area contributed by atoms with Crippen LogP contribution in [-0.4, -0.2) is 18.9 Å². The summed E-state index contributed by atoms with van der Waals surface area (Å²) in [6.45, 7) is 0. The highest BCUT2D eigenvalue weighted by Gasteiger charge is 2.22. The molecule has 0 saturated carbocycles. The fourth-order valence-electron chi connectivity index (χ4n) is 9.40. The number of rotatable bonds is 2. The molecule has 0 radical (unpaired) electrons. The van der Waals surface area contributed by atoms with E-state index in [1.165, 1.54) is 79.8 Å². The minimum Gasteiger partial charge on any atom is -0.308 e. The van der Waals surface area contributed by atoms with E-state index in [1.807, 2.05) is 11.3 Å². The summed E-state index contributed by atoms with van der Waals surface area (Å²) in [5.74, 6) is 0.664. The van der Waals surface area contributed by atoms with E-state index in [0.29, 0.717) is 5.95 Å². The van der Waals surface area contributed by atoms with Gasteiger partial charge in [-0.05, 0) is 53.2 Å². The highest BCUT2D eigenvalue weighted by molar-refractivity contribution is 7.26. The van der Waals surface area contributed by atoms with Crippen molar-refractivity contribution in [2.75, 3.05) is 0 Å². The van der Waals surface area contributed by atoms with Crippen molar-refractivity contribution in [2.45, 2.75) is 0 Å². The van der Waals surface area contributed by atoms with Gasteiger partial charge in [0.2, 0.25) is 5.95 Å². The van der Waals surface area contributed by atoms with E-state index in [4.69, 9.17) is 9.97 Å². The molecule has 0 amide bonds. The fraction of sp³-hybridized carbons (Fsp3) is 0. The maximum absolute atomic E-state index is 5.37. The van der Waals surface area contributed by atoms with Gasteiger partial charge in [-0.1, -0.05) is 127 Å². The molecule has 55 heavy (non-hydrogen) atoms. The van der Waals surface area contributed by atoms with E-state index in [0.717, 1.165) is 33.2 Å². The topological polar surface area (TPSA) is 35.1 Å². The second kappa shape index (κ2) is 10.8. The number of hydrogen-bond donors (Lipinski definition) is 0. The van der Waals surface area contributed by atoms with Gasteiger partial charge in [0.15, 0.2) is 0 Å². The van der Waals surface area contributed by atoms with E-state index >= 15 is 0 Å². The van der Waals surface area contributed by atoms with Crippen molar-refractivity contribution < 1.29 is 0 Å². The Morgan fingerprint density at radius 1 is 0.382 bits per heavy atom. The van der Waals surface area contributed by atoms with Crippen LogP contribution in [0.1, 0.15) is 0 Å². The molecule has 254 valence electrons. The van der Waals surface area contributed by atoms with E-state index in [-0.39, 0.29) is 0 Å². The van der Waals surface area contributed by atoms with Crippen LogP contribution in [0, 0.1) is 0 Å². The van der Waals surface area contributed by atoms with Crippen molar-refractivity contribution in [3.8, 4) is 17.2 Å². The molecule has 0 N–H and O–H groups in total. The lowest BCUT2D eigenvalue weighted by Gasteiger charge is -2.11. The zero-order valence-electron chi connectivity index (χ0n) is 29.4. The highest BCUT2D eigenvalue weighted by Crippen LogP contribution is 2.46. The van der Waals surface area contributed by atoms with Crippen molar-refractivity contribution in [1.82, 2.24) is 18.9 Å². The Balaban J connectivity index is 1.25. The molecule has 0 spiro atoms. The average Bonchev–Trinajstić information content (AvgIpc) is 3.90. The molecule has 5 heteroatoms. The van der Waals surface area contributed by atoms with Gasteiger partial charge in [0.05, 0.1) is 38.8 Å². The lowest BCUT2D eigenvalue weighted by atomic mass is 10.0. The Bertz CT molecular complexity index is 3780. The summed E-state index contributed by atoms with van der Waals surface area (Å²) in [6.07, 6.45) is 0. The third-order valence-electron chi connectivity index (χ3n) is 11.7. The molecular weight excluding hydrogens is 689 g/mol. The molecule has 0 aliphatic heterocycles. The number of aromatic nitrogens is 4. The first kappa shape index (κ1) is 29.4. The Kier molecular flexibility index (Phi) is 5.74. The van der Waals surface area contributed by atoms with E-state index in [9.17, 15) is 0 Å². The molecule has 4 nitrogen and oxygen atoms in total. The molecule has 0 atom stereocenters. The molecule has 5 aromatic heterocycles. The second-order valence-corrected chi connectivity index (χ2v) is 15.6. The highest BCUT2D eigenvalue weighted by atomic mass is 32.1. The van der Waals surface area contributed by atoms with Crippen molar-refractivity contribution in [3.63, 3.8) is 0 Å². The summed E-state index contributed by atoms with van der Waals surface area (Å²) >= 11 is 1.89. The van der Waals surface area contributed by atoms with Crippen LogP contribution in [0.2, 0.25) is 0 Å².